The van der Waals surface area contributed by atoms with E-state index in [0.717, 1.165) is 44.9 Å². The molecule has 0 atom stereocenters. The first-order valence-electron chi connectivity index (χ1n) is 25.5. The summed E-state index contributed by atoms with van der Waals surface area (Å²) in [6.07, 6.45) is -10.9. The molecule has 12 rings (SSSR count). The first-order valence-corrected chi connectivity index (χ1v) is 28.9. The fourth-order valence-electron chi connectivity index (χ4n) is 7.77. The third-order valence-corrected chi connectivity index (χ3v) is 14.6. The molecular weight excluding hydrogens is 1500 g/mol. The SMILES string of the molecule is CC1(C)OB(c2cnc(N)cn2)OC1(C)C.ClCCl.Cn1ncc(C(=O)Cl)c1C(F)(F)F.Cn1ncc(C(=O)Nc2cnc(-c3cc4c(cc3Cl)OC(F)(F)O4)cn2)c1C(F)(F)F.FC1(F)Oc2cc(Cl)c(Br)cc2O1.Nc1cnc(-c2cc3c(cc2Cl)OC(F)(F)O3)cn1. The second-order valence-electron chi connectivity index (χ2n) is 19.7. The molecule has 1 fully saturated rings. The summed E-state index contributed by atoms with van der Waals surface area (Å²) < 4.78 is 192. The van der Waals surface area contributed by atoms with Crippen molar-refractivity contribution in [1.29, 1.82) is 0 Å². The van der Waals surface area contributed by atoms with Gasteiger partial charge in [-0.25, -0.2) is 15.0 Å². The number of nitrogens with one attached hydrogen (secondary N) is 1. The highest BCUT2D eigenvalue weighted by Crippen LogP contribution is 2.48. The molecule has 508 valence electrons. The molecule has 1 saturated heterocycles. The molecule has 3 aromatic carbocycles. The van der Waals surface area contributed by atoms with Crippen LogP contribution in [0.1, 0.15) is 59.8 Å². The highest BCUT2D eigenvalue weighted by atomic mass is 79.9. The fraction of sp³-hybridized carbons (Fsp3) is 0.269. The quantitative estimate of drug-likeness (QED) is 0.0603. The van der Waals surface area contributed by atoms with Gasteiger partial charge in [-0.05, 0) is 67.4 Å². The molecule has 0 spiro atoms. The van der Waals surface area contributed by atoms with Crippen LogP contribution < -0.4 is 50.8 Å². The van der Waals surface area contributed by atoms with Crippen LogP contribution in [0.4, 0.5) is 70.1 Å². The van der Waals surface area contributed by atoms with Gasteiger partial charge in [0, 0.05) is 60.2 Å². The summed E-state index contributed by atoms with van der Waals surface area (Å²) >= 11 is 35.3. The van der Waals surface area contributed by atoms with E-state index in [-0.39, 0.29) is 84.0 Å². The van der Waals surface area contributed by atoms with Gasteiger partial charge >= 0.3 is 38.4 Å². The van der Waals surface area contributed by atoms with E-state index in [9.17, 15) is 62.3 Å². The lowest BCUT2D eigenvalue weighted by Crippen LogP contribution is -2.41. The number of nitrogens with zero attached hydrogens (tertiary/aromatic N) is 10. The van der Waals surface area contributed by atoms with Gasteiger partial charge in [-0.2, -0.15) is 36.5 Å². The minimum Gasteiger partial charge on any atom is -0.398 e. The van der Waals surface area contributed by atoms with Gasteiger partial charge in [-0.3, -0.25) is 33.9 Å². The maximum Gasteiger partial charge on any atom is 0.586 e. The Morgan fingerprint density at radius 2 is 0.916 bits per heavy atom. The number of carbonyl (C=O) groups is 2. The van der Waals surface area contributed by atoms with Crippen LogP contribution in [0.15, 0.2) is 90.4 Å². The molecular formula is C52H39BBrCl6F12N13O10. The Hall–Kier alpha value is -7.78. The van der Waals surface area contributed by atoms with E-state index in [1.54, 1.807) is 6.20 Å². The molecule has 9 heterocycles. The number of anilines is 3. The van der Waals surface area contributed by atoms with Crippen LogP contribution >= 0.6 is 85.5 Å². The second-order valence-corrected chi connectivity index (χ2v) is 23.0. The molecule has 4 aliphatic rings. The lowest BCUT2D eigenvalue weighted by atomic mass is 9.85. The van der Waals surface area contributed by atoms with Gasteiger partial charge in [0.1, 0.15) is 11.6 Å². The van der Waals surface area contributed by atoms with Crippen molar-refractivity contribution in [1.82, 2.24) is 49.5 Å². The standard InChI is InChI=1S/C17H9ClF5N5O3.C11H6ClF2N3O2.C10H16BN3O2.C7H2BrClF2O2.C6H4ClF3N2O.CH2Cl2/c1-28-14(16(19,20)21)8(4-26-28)15(29)27-13-6-24-10(5-25-13)7-2-11-12(3-9(7)18)31-17(22,23)30-11;12-6-2-9-8(18-11(13,14)19-9)1-5(6)7-3-17-10(15)4-16-7;1-9(2)10(3,4)16-11(15-9)7-5-14-8(12)6-13-7;8-3-1-5-6(2-4(3)9)13-7(10,11)12-5;1-12-4(6(8,9)10)3(2-11-12)5(7)13;2-1-3/h2-6H,1H3,(H,25,27,29);1-4H,(H2,15,17);5-6H,1-4H3,(H2,12,14);1-2H;2H,1H3;1H2. The van der Waals surface area contributed by atoms with Gasteiger partial charge in [-0.1, -0.05) is 34.8 Å². The van der Waals surface area contributed by atoms with Gasteiger partial charge in [0.2, 0.25) is 0 Å². The number of aryl methyl sites for hydroxylation is 2. The molecule has 0 saturated carbocycles. The first-order chi connectivity index (χ1) is 43.9. The van der Waals surface area contributed by atoms with Gasteiger partial charge in [0.25, 0.3) is 11.1 Å². The summed E-state index contributed by atoms with van der Waals surface area (Å²) in [7, 11) is 1.67. The lowest BCUT2D eigenvalue weighted by Gasteiger charge is -2.32. The maximum absolute atomic E-state index is 13.2. The largest absolute Gasteiger partial charge is 0.586 e. The average Bonchev–Trinajstić information content (AvgIpc) is 1.70. The Labute approximate surface area is 564 Å². The number of rotatable bonds is 6. The molecule has 0 unspecified atom stereocenters. The molecule has 0 bridgehead atoms. The Morgan fingerprint density at radius 3 is 1.28 bits per heavy atom. The normalized spacial score (nSPS) is 15.8. The number of carbonyl (C=O) groups excluding carboxylic acids is 2. The highest BCUT2D eigenvalue weighted by Gasteiger charge is 2.53. The van der Waals surface area contributed by atoms with Crippen LogP contribution in [-0.2, 0) is 35.8 Å². The van der Waals surface area contributed by atoms with Gasteiger partial charge in [0.05, 0.1) is 103 Å². The summed E-state index contributed by atoms with van der Waals surface area (Å²) in [5, 5.41) is 8.46. The van der Waals surface area contributed by atoms with Crippen LogP contribution in [0.25, 0.3) is 22.5 Å². The lowest BCUT2D eigenvalue weighted by molar-refractivity contribution is -0.287. The highest BCUT2D eigenvalue weighted by molar-refractivity contribution is 9.10. The predicted molar refractivity (Wildman–Crippen MR) is 320 cm³/mol. The number of aromatic nitrogens is 10. The molecule has 43 heteroatoms. The Kier molecular flexibility index (Phi) is 22.7. The topological polar surface area (TPSA) is 285 Å². The number of amides is 1. The second kappa shape index (κ2) is 28.9. The number of fused-ring (bicyclic) bond motifs is 3. The number of nitrogen functional groups attached to an aromatic ring is 2. The molecule has 5 aromatic heterocycles. The van der Waals surface area contributed by atoms with Crippen molar-refractivity contribution in [2.45, 2.75) is 70.1 Å². The number of halogens is 19. The number of hydrogen-bond donors (Lipinski definition) is 3. The van der Waals surface area contributed by atoms with Crippen molar-refractivity contribution in [3.8, 4) is 57.0 Å². The number of nitrogens with two attached hydrogens (primary N) is 2. The predicted octanol–water partition coefficient (Wildman–Crippen LogP) is 13.8. The van der Waals surface area contributed by atoms with Crippen molar-refractivity contribution >= 4 is 127 Å². The summed E-state index contributed by atoms with van der Waals surface area (Å²) in [4.78, 5) is 46.7. The van der Waals surface area contributed by atoms with E-state index in [1.807, 2.05) is 27.7 Å². The Morgan fingerprint density at radius 1 is 0.547 bits per heavy atom. The van der Waals surface area contributed by atoms with Crippen LogP contribution in [0.3, 0.4) is 0 Å². The average molecular weight is 1540 g/mol. The molecule has 0 radical (unpaired) electrons. The monoisotopic (exact) mass is 1530 g/mol. The van der Waals surface area contributed by atoms with Crippen LogP contribution in [0, 0.1) is 0 Å². The van der Waals surface area contributed by atoms with Crippen LogP contribution in [-0.4, -0.2) is 103 Å². The zero-order chi connectivity index (χ0) is 70.7. The van der Waals surface area contributed by atoms with Crippen LogP contribution in [0.2, 0.25) is 15.1 Å². The maximum atomic E-state index is 13.2. The molecule has 95 heavy (non-hydrogen) atoms. The van der Waals surface area contributed by atoms with Gasteiger partial charge in [-0.15, -0.1) is 49.5 Å². The molecule has 0 aliphatic carbocycles. The minimum atomic E-state index is -4.79. The van der Waals surface area contributed by atoms with Crippen molar-refractivity contribution in [3.05, 3.63) is 128 Å². The Bertz CT molecular complexity index is 4070. The van der Waals surface area contributed by atoms with Crippen molar-refractivity contribution < 1.29 is 100 Å². The van der Waals surface area contributed by atoms with Gasteiger partial charge < -0.3 is 54.5 Å². The first kappa shape index (κ1) is 74.6. The fourth-order valence-corrected chi connectivity index (χ4v) is 8.88. The zero-order valence-corrected chi connectivity index (χ0v) is 54.4. The molecule has 4 aliphatic heterocycles. The van der Waals surface area contributed by atoms with E-state index in [0.29, 0.717) is 41.5 Å². The molecule has 1 amide bonds. The minimum absolute atomic E-state index is 0.0105. The van der Waals surface area contributed by atoms with Crippen LogP contribution in [0.5, 0.6) is 34.5 Å². The zero-order valence-electron chi connectivity index (χ0n) is 48.3. The number of alkyl halides is 14. The Balaban J connectivity index is 0.000000173. The van der Waals surface area contributed by atoms with E-state index >= 15 is 0 Å². The van der Waals surface area contributed by atoms with Crippen molar-refractivity contribution in [2.75, 3.05) is 22.1 Å². The number of hydrogen-bond acceptors (Lipinski definition) is 20. The number of benzene rings is 3. The van der Waals surface area contributed by atoms with E-state index in [2.05, 4.69) is 89.8 Å². The third kappa shape index (κ3) is 18.6. The van der Waals surface area contributed by atoms with Gasteiger partial charge in [0.15, 0.2) is 51.7 Å². The molecule has 8 aromatic rings. The number of ether oxygens (including phenoxy) is 6. The van der Waals surface area contributed by atoms with E-state index < -0.39 is 72.0 Å². The summed E-state index contributed by atoms with van der Waals surface area (Å²) in [5.74, 6) is -1.45. The summed E-state index contributed by atoms with van der Waals surface area (Å²) in [5.41, 5.74) is 8.24. The van der Waals surface area contributed by atoms with E-state index in [1.165, 1.54) is 48.9 Å². The molecule has 23 nitrogen and oxygen atoms in total. The van der Waals surface area contributed by atoms with E-state index in [4.69, 9.17) is 90.4 Å². The molecule has 5 N–H and O–H groups in total. The summed E-state index contributed by atoms with van der Waals surface area (Å²) in [6.45, 7) is 7.99. The smallest absolute Gasteiger partial charge is 0.398 e. The van der Waals surface area contributed by atoms with Crippen molar-refractivity contribution in [2.24, 2.45) is 14.1 Å². The van der Waals surface area contributed by atoms with Crippen molar-refractivity contribution in [3.63, 3.8) is 0 Å². The summed E-state index contributed by atoms with van der Waals surface area (Å²) in [6, 6.07) is 7.45. The third-order valence-electron chi connectivity index (χ3n) is 12.6.